The van der Waals surface area contributed by atoms with Gasteiger partial charge in [0.2, 0.25) is 0 Å². The smallest absolute Gasteiger partial charge is 0.322 e. The maximum absolute atomic E-state index is 14.0. The Hall–Kier alpha value is -2.43. The molecule has 1 unspecified atom stereocenters. The molecule has 0 saturated heterocycles. The summed E-state index contributed by atoms with van der Waals surface area (Å²) in [6.45, 7) is 1.96. The van der Waals surface area contributed by atoms with Gasteiger partial charge in [0.05, 0.1) is 11.7 Å². The highest BCUT2D eigenvalue weighted by Crippen LogP contribution is 2.34. The number of benzene rings is 1. The van der Waals surface area contributed by atoms with Gasteiger partial charge in [-0.1, -0.05) is 24.3 Å². The van der Waals surface area contributed by atoms with Crippen molar-refractivity contribution in [3.63, 3.8) is 0 Å². The van der Waals surface area contributed by atoms with E-state index in [9.17, 15) is 14.0 Å². The average Bonchev–Trinajstić information content (AvgIpc) is 2.47. The van der Waals surface area contributed by atoms with E-state index in [1.165, 1.54) is 17.9 Å². The number of ketones is 1. The van der Waals surface area contributed by atoms with Crippen LogP contribution < -0.4 is 5.32 Å². The van der Waals surface area contributed by atoms with E-state index < -0.39 is 11.9 Å². The molecular formula is C16H15FN2O2. The Kier molecular flexibility index (Phi) is 3.33. The number of nitrogens with zero attached hydrogens (tertiary/aromatic N) is 1. The van der Waals surface area contributed by atoms with Crippen molar-refractivity contribution < 1.29 is 14.0 Å². The van der Waals surface area contributed by atoms with Gasteiger partial charge < -0.3 is 5.32 Å². The van der Waals surface area contributed by atoms with E-state index in [0.717, 1.165) is 6.42 Å². The third-order valence-corrected chi connectivity index (χ3v) is 3.76. The molecule has 3 rings (SSSR count). The lowest BCUT2D eigenvalue weighted by Gasteiger charge is -2.37. The molecule has 1 N–H and O–H groups in total. The molecule has 5 heteroatoms. The molecule has 4 nitrogen and oxygen atoms in total. The third kappa shape index (κ3) is 2.24. The number of amides is 2. The number of carbonyl (C=O) groups is 2. The number of Topliss-reactive ketones (excluding diaryl/α,β-unsaturated/α-hetero) is 1. The number of urea groups is 1. The first-order valence-corrected chi connectivity index (χ1v) is 6.83. The molecule has 108 valence electrons. The molecule has 21 heavy (non-hydrogen) atoms. The zero-order valence-corrected chi connectivity index (χ0v) is 11.6. The van der Waals surface area contributed by atoms with E-state index in [1.807, 2.05) is 6.08 Å². The van der Waals surface area contributed by atoms with Gasteiger partial charge >= 0.3 is 6.03 Å². The molecule has 1 atom stereocenters. The van der Waals surface area contributed by atoms with Crippen LogP contribution in [0.4, 0.5) is 9.18 Å². The maximum Gasteiger partial charge on any atom is 0.322 e. The minimum absolute atomic E-state index is 0.171. The van der Waals surface area contributed by atoms with Crippen molar-refractivity contribution in [1.29, 1.82) is 0 Å². The fourth-order valence-electron chi connectivity index (χ4n) is 2.80. The summed E-state index contributed by atoms with van der Waals surface area (Å²) >= 11 is 0. The molecular weight excluding hydrogens is 271 g/mol. The van der Waals surface area contributed by atoms with Crippen LogP contribution in [0.25, 0.3) is 0 Å². The number of halogens is 1. The quantitative estimate of drug-likeness (QED) is 0.908. The fourth-order valence-corrected chi connectivity index (χ4v) is 2.80. The number of fused-ring (bicyclic) bond motifs is 1. The predicted molar refractivity (Wildman–Crippen MR) is 75.8 cm³/mol. The Labute approximate surface area is 121 Å². The fraction of sp³-hybridized carbons (Fsp3) is 0.250. The summed E-state index contributed by atoms with van der Waals surface area (Å²) in [5, 5.41) is 2.74. The van der Waals surface area contributed by atoms with Gasteiger partial charge in [-0.2, -0.15) is 0 Å². The summed E-state index contributed by atoms with van der Waals surface area (Å²) < 4.78 is 14.0. The first-order chi connectivity index (χ1) is 10.1. The summed E-state index contributed by atoms with van der Waals surface area (Å²) in [4.78, 5) is 25.8. The summed E-state index contributed by atoms with van der Waals surface area (Å²) in [5.74, 6) is -0.606. The first-order valence-electron chi connectivity index (χ1n) is 6.83. The van der Waals surface area contributed by atoms with E-state index in [-0.39, 0.29) is 11.8 Å². The predicted octanol–water partition coefficient (Wildman–Crippen LogP) is 2.70. The van der Waals surface area contributed by atoms with Gasteiger partial charge in [0.15, 0.2) is 5.78 Å². The Bertz CT molecular complexity index is 679. The largest absolute Gasteiger partial charge is 0.326 e. The number of carbonyl (C=O) groups excluding carboxylic acids is 2. The number of hydrogen-bond acceptors (Lipinski definition) is 2. The number of nitrogens with one attached hydrogen (secondary N) is 1. The Morgan fingerprint density at radius 3 is 2.86 bits per heavy atom. The maximum atomic E-state index is 14.0. The van der Waals surface area contributed by atoms with Crippen LogP contribution in [0.5, 0.6) is 0 Å². The Morgan fingerprint density at radius 2 is 2.14 bits per heavy atom. The lowest BCUT2D eigenvalue weighted by Crippen LogP contribution is -2.49. The lowest BCUT2D eigenvalue weighted by molar-refractivity contribution is -0.114. The standard InChI is InChI=1S/C16H15FN2O2/c1-10(20)14-13-8-4-5-9-19(13)16(21)18-15(14)11-6-2-3-7-12(11)17/h2-4,6-8,15H,5,9H2,1H3,(H,18,21). The molecule has 0 bridgehead atoms. The summed E-state index contributed by atoms with van der Waals surface area (Å²) in [6.07, 6.45) is 4.44. The van der Waals surface area contributed by atoms with Gasteiger partial charge in [-0.15, -0.1) is 0 Å². The van der Waals surface area contributed by atoms with Crippen molar-refractivity contribution >= 4 is 11.8 Å². The second kappa shape index (κ2) is 5.16. The van der Waals surface area contributed by atoms with Crippen LogP contribution in [0.15, 0.2) is 47.7 Å². The van der Waals surface area contributed by atoms with Crippen molar-refractivity contribution in [2.75, 3.05) is 6.54 Å². The highest BCUT2D eigenvalue weighted by molar-refractivity contribution is 5.99. The summed E-state index contributed by atoms with van der Waals surface area (Å²) in [5.41, 5.74) is 1.31. The normalized spacial score (nSPS) is 21.1. The molecule has 2 heterocycles. The van der Waals surface area contributed by atoms with Crippen molar-refractivity contribution in [3.8, 4) is 0 Å². The molecule has 0 fully saturated rings. The zero-order valence-electron chi connectivity index (χ0n) is 11.6. The van der Waals surface area contributed by atoms with Crippen LogP contribution in [0, 0.1) is 5.82 Å². The number of allylic oxidation sites excluding steroid dienone is 1. The Balaban J connectivity index is 2.18. The van der Waals surface area contributed by atoms with Crippen LogP contribution in [-0.4, -0.2) is 23.3 Å². The minimum Gasteiger partial charge on any atom is -0.326 e. The van der Waals surface area contributed by atoms with Crippen molar-refractivity contribution in [2.45, 2.75) is 19.4 Å². The zero-order chi connectivity index (χ0) is 15.0. The second-order valence-electron chi connectivity index (χ2n) is 5.10. The van der Waals surface area contributed by atoms with Gasteiger partial charge in [0.1, 0.15) is 5.82 Å². The molecule has 0 aromatic heterocycles. The third-order valence-electron chi connectivity index (χ3n) is 3.76. The molecule has 0 saturated carbocycles. The molecule has 1 aromatic rings. The van der Waals surface area contributed by atoms with Crippen molar-refractivity contribution in [2.24, 2.45) is 0 Å². The van der Waals surface area contributed by atoms with Crippen LogP contribution in [-0.2, 0) is 4.79 Å². The van der Waals surface area contributed by atoms with E-state index in [4.69, 9.17) is 0 Å². The van der Waals surface area contributed by atoms with Gasteiger partial charge in [-0.25, -0.2) is 9.18 Å². The molecule has 0 radical (unpaired) electrons. The van der Waals surface area contributed by atoms with Crippen LogP contribution in [0.1, 0.15) is 24.9 Å². The molecule has 2 amide bonds. The molecule has 2 aliphatic rings. The molecule has 0 spiro atoms. The highest BCUT2D eigenvalue weighted by atomic mass is 19.1. The van der Waals surface area contributed by atoms with Crippen molar-refractivity contribution in [3.05, 3.63) is 59.1 Å². The van der Waals surface area contributed by atoms with E-state index >= 15 is 0 Å². The monoisotopic (exact) mass is 286 g/mol. The van der Waals surface area contributed by atoms with Crippen molar-refractivity contribution in [1.82, 2.24) is 10.2 Å². The summed E-state index contributed by atoms with van der Waals surface area (Å²) in [7, 11) is 0. The van der Waals surface area contributed by atoms with Gasteiger partial charge in [-0.05, 0) is 25.5 Å². The highest BCUT2D eigenvalue weighted by Gasteiger charge is 2.36. The minimum atomic E-state index is -0.745. The van der Waals surface area contributed by atoms with Crippen LogP contribution in [0.3, 0.4) is 0 Å². The summed E-state index contributed by atoms with van der Waals surface area (Å²) in [6, 6.07) is 5.14. The van der Waals surface area contributed by atoms with Gasteiger partial charge in [0, 0.05) is 17.7 Å². The van der Waals surface area contributed by atoms with E-state index in [0.29, 0.717) is 23.4 Å². The first kappa shape index (κ1) is 13.5. The lowest BCUT2D eigenvalue weighted by atomic mass is 9.90. The average molecular weight is 286 g/mol. The second-order valence-corrected chi connectivity index (χ2v) is 5.10. The molecule has 0 aliphatic carbocycles. The Morgan fingerprint density at radius 1 is 1.38 bits per heavy atom. The topological polar surface area (TPSA) is 49.4 Å². The van der Waals surface area contributed by atoms with E-state index in [2.05, 4.69) is 5.32 Å². The van der Waals surface area contributed by atoms with Gasteiger partial charge in [0.25, 0.3) is 0 Å². The SMILES string of the molecule is CC(=O)C1=C2C=CCCN2C(=O)NC1c1ccccc1F. The van der Waals surface area contributed by atoms with E-state index in [1.54, 1.807) is 24.3 Å². The number of hydrogen-bond donors (Lipinski definition) is 1. The number of rotatable bonds is 2. The molecule has 2 aliphatic heterocycles. The van der Waals surface area contributed by atoms with Crippen LogP contribution in [0.2, 0.25) is 0 Å². The van der Waals surface area contributed by atoms with Gasteiger partial charge in [-0.3, -0.25) is 9.69 Å². The van der Waals surface area contributed by atoms with Crippen LogP contribution >= 0.6 is 0 Å². The molecule has 1 aromatic carbocycles.